The highest BCUT2D eigenvalue weighted by Gasteiger charge is 2.11. The van der Waals surface area contributed by atoms with Crippen LogP contribution >= 0.6 is 11.6 Å². The van der Waals surface area contributed by atoms with Crippen molar-refractivity contribution in [2.75, 3.05) is 5.73 Å². The van der Waals surface area contributed by atoms with Crippen molar-refractivity contribution in [3.63, 3.8) is 0 Å². The second-order valence-electron chi connectivity index (χ2n) is 4.37. The van der Waals surface area contributed by atoms with Crippen LogP contribution in [-0.2, 0) is 13.2 Å². The number of amides is 1. The van der Waals surface area contributed by atoms with Crippen LogP contribution in [0.1, 0.15) is 21.5 Å². The van der Waals surface area contributed by atoms with E-state index in [-0.39, 0.29) is 17.5 Å². The number of aliphatic hydroxyl groups is 1. The average Bonchev–Trinajstić information content (AvgIpc) is 2.48. The van der Waals surface area contributed by atoms with Gasteiger partial charge in [0.25, 0.3) is 5.91 Å². The molecule has 0 saturated carbocycles. The Morgan fingerprint density at radius 3 is 2.45 bits per heavy atom. The fourth-order valence-electron chi connectivity index (χ4n) is 1.77. The normalized spacial score (nSPS) is 10.3. The zero-order valence-electron chi connectivity index (χ0n) is 10.8. The predicted molar refractivity (Wildman–Crippen MR) is 79.4 cm³/mol. The molecular weight excluding hydrogens is 276 g/mol. The molecule has 2 rings (SSSR count). The standard InChI is InChI=1S/C15H15ClN2O2/c16-14-12(2-1-3-13(14)17)15(20)18-8-10-4-6-11(9-19)7-5-10/h1-7,19H,8-9,17H2,(H,18,20). The summed E-state index contributed by atoms with van der Waals surface area (Å²) in [6.45, 7) is 0.390. The number of nitrogens with two attached hydrogens (primary N) is 1. The zero-order valence-corrected chi connectivity index (χ0v) is 11.5. The lowest BCUT2D eigenvalue weighted by atomic mass is 10.1. The van der Waals surface area contributed by atoms with E-state index in [4.69, 9.17) is 22.4 Å². The number of rotatable bonds is 4. The molecule has 0 fully saturated rings. The smallest absolute Gasteiger partial charge is 0.253 e. The van der Waals surface area contributed by atoms with Gasteiger partial charge in [0, 0.05) is 6.54 Å². The molecule has 5 heteroatoms. The summed E-state index contributed by atoms with van der Waals surface area (Å²) in [5.74, 6) is -0.270. The van der Waals surface area contributed by atoms with E-state index in [0.29, 0.717) is 17.8 Å². The van der Waals surface area contributed by atoms with Crippen LogP contribution in [0.4, 0.5) is 5.69 Å². The maximum atomic E-state index is 12.0. The van der Waals surface area contributed by atoms with Crippen molar-refractivity contribution in [1.29, 1.82) is 0 Å². The summed E-state index contributed by atoms with van der Waals surface area (Å²) in [5.41, 5.74) is 8.18. The van der Waals surface area contributed by atoms with Gasteiger partial charge >= 0.3 is 0 Å². The first kappa shape index (κ1) is 14.4. The molecule has 4 N–H and O–H groups in total. The molecule has 4 nitrogen and oxygen atoms in total. The monoisotopic (exact) mass is 290 g/mol. The number of nitrogens with one attached hydrogen (secondary N) is 1. The Morgan fingerprint density at radius 2 is 1.80 bits per heavy atom. The van der Waals surface area contributed by atoms with Crippen LogP contribution in [0.2, 0.25) is 5.02 Å². The zero-order chi connectivity index (χ0) is 14.5. The number of carbonyl (C=O) groups is 1. The van der Waals surface area contributed by atoms with Crippen molar-refractivity contribution in [2.45, 2.75) is 13.2 Å². The third-order valence-electron chi connectivity index (χ3n) is 2.93. The van der Waals surface area contributed by atoms with Gasteiger partial charge in [-0.15, -0.1) is 0 Å². The second-order valence-corrected chi connectivity index (χ2v) is 4.74. The Bertz CT molecular complexity index is 612. The first-order valence-corrected chi connectivity index (χ1v) is 6.50. The van der Waals surface area contributed by atoms with Crippen LogP contribution in [0.3, 0.4) is 0 Å². The van der Waals surface area contributed by atoms with Gasteiger partial charge in [-0.05, 0) is 23.3 Å². The van der Waals surface area contributed by atoms with Gasteiger partial charge < -0.3 is 16.2 Å². The summed E-state index contributed by atoms with van der Waals surface area (Å²) in [5, 5.41) is 12.0. The summed E-state index contributed by atoms with van der Waals surface area (Å²) in [4.78, 5) is 12.0. The van der Waals surface area contributed by atoms with Crippen LogP contribution < -0.4 is 11.1 Å². The molecule has 2 aromatic rings. The van der Waals surface area contributed by atoms with E-state index >= 15 is 0 Å². The largest absolute Gasteiger partial charge is 0.398 e. The SMILES string of the molecule is Nc1cccc(C(=O)NCc2ccc(CO)cc2)c1Cl. The highest BCUT2D eigenvalue weighted by Crippen LogP contribution is 2.22. The van der Waals surface area contributed by atoms with Gasteiger partial charge in [0.2, 0.25) is 0 Å². The first-order valence-electron chi connectivity index (χ1n) is 6.12. The molecule has 0 saturated heterocycles. The third kappa shape index (κ3) is 3.29. The molecule has 0 aromatic heterocycles. The van der Waals surface area contributed by atoms with Crippen LogP contribution in [-0.4, -0.2) is 11.0 Å². The van der Waals surface area contributed by atoms with E-state index in [2.05, 4.69) is 5.32 Å². The van der Waals surface area contributed by atoms with Gasteiger partial charge in [-0.2, -0.15) is 0 Å². The molecule has 104 valence electrons. The van der Waals surface area contributed by atoms with Gasteiger partial charge in [-0.3, -0.25) is 4.79 Å². The van der Waals surface area contributed by atoms with Crippen molar-refractivity contribution in [3.05, 3.63) is 64.2 Å². The minimum absolute atomic E-state index is 0.00550. The summed E-state index contributed by atoms with van der Waals surface area (Å²) < 4.78 is 0. The van der Waals surface area contributed by atoms with E-state index in [1.165, 1.54) is 0 Å². The molecule has 0 aliphatic carbocycles. The van der Waals surface area contributed by atoms with Gasteiger partial charge in [0.05, 0.1) is 22.9 Å². The fraction of sp³-hybridized carbons (Fsp3) is 0.133. The predicted octanol–water partition coefficient (Wildman–Crippen LogP) is 2.34. The number of halogens is 1. The van der Waals surface area contributed by atoms with Crippen molar-refractivity contribution in [1.82, 2.24) is 5.32 Å². The maximum absolute atomic E-state index is 12.0. The molecule has 1 amide bonds. The van der Waals surface area contributed by atoms with E-state index in [0.717, 1.165) is 11.1 Å². The van der Waals surface area contributed by atoms with Gasteiger partial charge in [-0.1, -0.05) is 41.9 Å². The highest BCUT2D eigenvalue weighted by atomic mass is 35.5. The van der Waals surface area contributed by atoms with Crippen molar-refractivity contribution < 1.29 is 9.90 Å². The lowest BCUT2D eigenvalue weighted by molar-refractivity contribution is 0.0951. The molecule has 2 aromatic carbocycles. The highest BCUT2D eigenvalue weighted by molar-refractivity contribution is 6.36. The molecule has 0 atom stereocenters. The van der Waals surface area contributed by atoms with Crippen molar-refractivity contribution in [3.8, 4) is 0 Å². The Hall–Kier alpha value is -2.04. The van der Waals surface area contributed by atoms with E-state index < -0.39 is 0 Å². The number of benzene rings is 2. The average molecular weight is 291 g/mol. The Balaban J connectivity index is 2.02. The topological polar surface area (TPSA) is 75.4 Å². The minimum Gasteiger partial charge on any atom is -0.398 e. The molecule has 20 heavy (non-hydrogen) atoms. The van der Waals surface area contributed by atoms with E-state index in [1.807, 2.05) is 24.3 Å². The molecule has 0 bridgehead atoms. The Kier molecular flexibility index (Phi) is 4.61. The second kappa shape index (κ2) is 6.41. The number of aliphatic hydroxyl groups excluding tert-OH is 1. The number of carbonyl (C=O) groups excluding carboxylic acids is 1. The number of hydrogen-bond donors (Lipinski definition) is 3. The molecule has 0 unspecified atom stereocenters. The van der Waals surface area contributed by atoms with Crippen LogP contribution in [0.15, 0.2) is 42.5 Å². The van der Waals surface area contributed by atoms with E-state index in [1.54, 1.807) is 18.2 Å². The summed E-state index contributed by atoms with van der Waals surface area (Å²) >= 11 is 6.00. The Labute approximate surface area is 122 Å². The van der Waals surface area contributed by atoms with Crippen LogP contribution in [0.5, 0.6) is 0 Å². The summed E-state index contributed by atoms with van der Waals surface area (Å²) in [6, 6.07) is 12.3. The summed E-state index contributed by atoms with van der Waals surface area (Å²) in [7, 11) is 0. The van der Waals surface area contributed by atoms with Gasteiger partial charge in [-0.25, -0.2) is 0 Å². The molecule has 0 spiro atoms. The fourth-order valence-corrected chi connectivity index (χ4v) is 1.98. The molecule has 0 heterocycles. The van der Waals surface area contributed by atoms with Crippen molar-refractivity contribution in [2.24, 2.45) is 0 Å². The number of hydrogen-bond acceptors (Lipinski definition) is 3. The lowest BCUT2D eigenvalue weighted by Gasteiger charge is -2.08. The molecular formula is C15H15ClN2O2. The van der Waals surface area contributed by atoms with Gasteiger partial charge in [0.15, 0.2) is 0 Å². The molecule has 0 aliphatic rings. The minimum atomic E-state index is -0.270. The third-order valence-corrected chi connectivity index (χ3v) is 3.35. The summed E-state index contributed by atoms with van der Waals surface area (Å²) in [6.07, 6.45) is 0. The number of anilines is 1. The molecule has 0 aliphatic heterocycles. The van der Waals surface area contributed by atoms with Crippen LogP contribution in [0, 0.1) is 0 Å². The maximum Gasteiger partial charge on any atom is 0.253 e. The Morgan fingerprint density at radius 1 is 1.15 bits per heavy atom. The first-order chi connectivity index (χ1) is 9.61. The molecule has 0 radical (unpaired) electrons. The van der Waals surface area contributed by atoms with Crippen LogP contribution in [0.25, 0.3) is 0 Å². The lowest BCUT2D eigenvalue weighted by Crippen LogP contribution is -2.23. The van der Waals surface area contributed by atoms with Gasteiger partial charge in [0.1, 0.15) is 0 Å². The van der Waals surface area contributed by atoms with Crippen molar-refractivity contribution >= 4 is 23.2 Å². The van der Waals surface area contributed by atoms with E-state index in [9.17, 15) is 4.79 Å². The number of nitrogen functional groups attached to an aromatic ring is 1. The quantitative estimate of drug-likeness (QED) is 0.757.